The molecule has 1 aromatic heterocycles. The largest absolute Gasteiger partial charge is 0.260 e. The van der Waals surface area contributed by atoms with Gasteiger partial charge in [0.25, 0.3) is 0 Å². The molecule has 0 amide bonds. The van der Waals surface area contributed by atoms with Crippen LogP contribution in [0.4, 0.5) is 0 Å². The Balaban J connectivity index is 0.00000191. The first-order valence-electron chi connectivity index (χ1n) is 9.16. The van der Waals surface area contributed by atoms with E-state index in [0.29, 0.717) is 5.92 Å². The van der Waals surface area contributed by atoms with Gasteiger partial charge in [-0.05, 0) is 49.3 Å². The van der Waals surface area contributed by atoms with Crippen LogP contribution in [0.3, 0.4) is 0 Å². The van der Waals surface area contributed by atoms with Gasteiger partial charge in [-0.3, -0.25) is 4.98 Å². The summed E-state index contributed by atoms with van der Waals surface area (Å²) in [5, 5.41) is 0. The minimum absolute atomic E-state index is 0.655. The third-order valence-electron chi connectivity index (χ3n) is 4.06. The van der Waals surface area contributed by atoms with Crippen molar-refractivity contribution in [3.8, 4) is 0 Å². The summed E-state index contributed by atoms with van der Waals surface area (Å²) in [5.41, 5.74) is 5.95. The summed E-state index contributed by atoms with van der Waals surface area (Å²) in [6, 6.07) is 0. The fourth-order valence-electron chi connectivity index (χ4n) is 3.08. The number of hydrogen-bond acceptors (Lipinski definition) is 1. The lowest BCUT2D eigenvalue weighted by Crippen LogP contribution is -2.10. The van der Waals surface area contributed by atoms with Crippen LogP contribution in [0.1, 0.15) is 102 Å². The highest BCUT2D eigenvalue weighted by Gasteiger charge is 2.18. The van der Waals surface area contributed by atoms with Gasteiger partial charge in [-0.15, -0.1) is 0 Å². The van der Waals surface area contributed by atoms with Crippen molar-refractivity contribution in [2.45, 2.75) is 99.3 Å². The van der Waals surface area contributed by atoms with Gasteiger partial charge < -0.3 is 0 Å². The lowest BCUT2D eigenvalue weighted by molar-refractivity contribution is 0.571. The second kappa shape index (κ2) is 11.8. The van der Waals surface area contributed by atoms with Crippen molar-refractivity contribution in [2.24, 2.45) is 0 Å². The van der Waals surface area contributed by atoms with Crippen LogP contribution in [-0.4, -0.2) is 4.98 Å². The average molecular weight is 292 g/mol. The van der Waals surface area contributed by atoms with Crippen LogP contribution in [0.25, 0.3) is 0 Å². The Hall–Kier alpha value is -0.850. The van der Waals surface area contributed by atoms with Crippen molar-refractivity contribution in [2.75, 3.05) is 0 Å². The number of hydrogen-bond donors (Lipinski definition) is 0. The molecule has 0 aliphatic rings. The van der Waals surface area contributed by atoms with Crippen LogP contribution in [0.2, 0.25) is 0 Å². The molecule has 0 aliphatic heterocycles. The number of nitrogens with zero attached hydrogens (tertiary/aromatic N) is 1. The lowest BCUT2D eigenvalue weighted by Gasteiger charge is -2.21. The summed E-state index contributed by atoms with van der Waals surface area (Å²) in [5.74, 6) is 0.655. The zero-order chi connectivity index (χ0) is 16.3. The van der Waals surface area contributed by atoms with E-state index >= 15 is 0 Å². The third kappa shape index (κ3) is 5.80. The van der Waals surface area contributed by atoms with E-state index in [1.165, 1.54) is 56.2 Å². The molecule has 1 aromatic rings. The van der Waals surface area contributed by atoms with Gasteiger partial charge in [0.2, 0.25) is 0 Å². The summed E-state index contributed by atoms with van der Waals surface area (Å²) in [6.45, 7) is 15.4. The van der Waals surface area contributed by atoms with E-state index in [4.69, 9.17) is 4.98 Å². The van der Waals surface area contributed by atoms with Gasteiger partial charge >= 0.3 is 0 Å². The van der Waals surface area contributed by atoms with Crippen molar-refractivity contribution in [1.29, 1.82) is 0 Å². The Bertz CT molecular complexity index is 382. The quantitative estimate of drug-likeness (QED) is 0.525. The highest BCUT2D eigenvalue weighted by Crippen LogP contribution is 2.30. The molecule has 0 saturated heterocycles. The lowest BCUT2D eigenvalue weighted by atomic mass is 9.87. The summed E-state index contributed by atoms with van der Waals surface area (Å²) in [6.07, 6.45) is 10.7. The van der Waals surface area contributed by atoms with Crippen LogP contribution < -0.4 is 0 Å². The molecule has 1 heterocycles. The first-order chi connectivity index (χ1) is 10.2. The Morgan fingerprint density at radius 2 is 1.48 bits per heavy atom. The van der Waals surface area contributed by atoms with Crippen molar-refractivity contribution in [1.82, 2.24) is 4.98 Å². The molecular weight excluding hydrogens is 254 g/mol. The fraction of sp³-hybridized carbons (Fsp3) is 0.750. The molecule has 1 unspecified atom stereocenters. The van der Waals surface area contributed by atoms with Gasteiger partial charge in [0.1, 0.15) is 0 Å². The highest BCUT2D eigenvalue weighted by atomic mass is 14.7. The van der Waals surface area contributed by atoms with Gasteiger partial charge in [0.05, 0.1) is 0 Å². The molecule has 1 rings (SSSR count). The Morgan fingerprint density at radius 1 is 0.905 bits per heavy atom. The Labute approximate surface area is 133 Å². The molecule has 0 radical (unpaired) electrons. The predicted octanol–water partition coefficient (Wildman–Crippen LogP) is 6.61. The maximum atomic E-state index is 4.83. The molecule has 1 heteroatoms. The summed E-state index contributed by atoms with van der Waals surface area (Å²) in [4.78, 5) is 4.83. The molecule has 0 fully saturated rings. The van der Waals surface area contributed by atoms with Gasteiger partial charge in [-0.25, -0.2) is 0 Å². The molecule has 0 aliphatic carbocycles. The first-order valence-corrected chi connectivity index (χ1v) is 9.16. The van der Waals surface area contributed by atoms with Crippen LogP contribution in [-0.2, 0) is 12.8 Å². The Morgan fingerprint density at radius 3 is 1.95 bits per heavy atom. The smallest absolute Gasteiger partial charge is 0.0469 e. The van der Waals surface area contributed by atoms with E-state index in [9.17, 15) is 0 Å². The van der Waals surface area contributed by atoms with E-state index in [-0.39, 0.29) is 0 Å². The summed E-state index contributed by atoms with van der Waals surface area (Å²) in [7, 11) is 0. The zero-order valence-corrected chi connectivity index (χ0v) is 15.6. The summed E-state index contributed by atoms with van der Waals surface area (Å²) < 4.78 is 0. The summed E-state index contributed by atoms with van der Waals surface area (Å²) >= 11 is 0. The van der Waals surface area contributed by atoms with Crippen molar-refractivity contribution >= 4 is 0 Å². The van der Waals surface area contributed by atoms with E-state index in [1.54, 1.807) is 11.1 Å². The molecule has 1 atom stereocenters. The highest BCUT2D eigenvalue weighted by molar-refractivity contribution is 5.38. The van der Waals surface area contributed by atoms with E-state index in [2.05, 4.69) is 40.8 Å². The molecule has 0 saturated carbocycles. The van der Waals surface area contributed by atoms with E-state index < -0.39 is 0 Å². The van der Waals surface area contributed by atoms with E-state index in [0.717, 1.165) is 0 Å². The molecule has 0 N–H and O–H groups in total. The topological polar surface area (TPSA) is 12.9 Å². The third-order valence-corrected chi connectivity index (χ3v) is 4.06. The molecule has 0 bridgehead atoms. The van der Waals surface area contributed by atoms with E-state index in [1.807, 2.05) is 13.8 Å². The molecule has 122 valence electrons. The molecule has 0 aromatic carbocycles. The molecule has 0 spiro atoms. The normalized spacial score (nSPS) is 11.8. The minimum Gasteiger partial charge on any atom is -0.260 e. The second-order valence-corrected chi connectivity index (χ2v) is 5.68. The van der Waals surface area contributed by atoms with Gasteiger partial charge in [-0.2, -0.15) is 0 Å². The van der Waals surface area contributed by atoms with Crippen molar-refractivity contribution in [3.63, 3.8) is 0 Å². The zero-order valence-electron chi connectivity index (χ0n) is 15.6. The number of pyridine rings is 1. The van der Waals surface area contributed by atoms with Crippen LogP contribution in [0.5, 0.6) is 0 Å². The predicted molar refractivity (Wildman–Crippen MR) is 96.3 cm³/mol. The van der Waals surface area contributed by atoms with Crippen LogP contribution in [0.15, 0.2) is 6.20 Å². The van der Waals surface area contributed by atoms with Crippen LogP contribution in [0, 0.1) is 6.92 Å². The van der Waals surface area contributed by atoms with Crippen LogP contribution >= 0.6 is 0 Å². The molecule has 21 heavy (non-hydrogen) atoms. The molecular formula is C20H37N. The van der Waals surface area contributed by atoms with Gasteiger partial charge in [0, 0.05) is 17.8 Å². The number of aromatic nitrogens is 1. The Kier molecular flexibility index (Phi) is 11.3. The minimum atomic E-state index is 0.655. The number of rotatable bonds is 8. The van der Waals surface area contributed by atoms with Gasteiger partial charge in [0.15, 0.2) is 0 Å². The molecule has 1 nitrogen and oxygen atoms in total. The standard InChI is InChI=1S/C18H31N.C2H6/c1-6-10-15(9-4)18-17(12-8-3)16(11-7-2)14(5)13-19-18;1-2/h13,15H,6-12H2,1-5H3;1-2H3. The number of aryl methyl sites for hydroxylation is 1. The maximum absolute atomic E-state index is 4.83. The average Bonchev–Trinajstić information content (AvgIpc) is 2.51. The van der Waals surface area contributed by atoms with Crippen molar-refractivity contribution < 1.29 is 0 Å². The monoisotopic (exact) mass is 291 g/mol. The maximum Gasteiger partial charge on any atom is 0.0469 e. The van der Waals surface area contributed by atoms with Gasteiger partial charge in [-0.1, -0.05) is 60.8 Å². The van der Waals surface area contributed by atoms with Crippen molar-refractivity contribution in [3.05, 3.63) is 28.6 Å². The SMILES string of the molecule is CC.CCCc1c(C)cnc(C(CC)CCC)c1CCC. The first kappa shape index (κ1) is 20.1. The second-order valence-electron chi connectivity index (χ2n) is 5.68. The fourth-order valence-corrected chi connectivity index (χ4v) is 3.08.